The molecule has 0 saturated heterocycles. The highest BCUT2D eigenvalue weighted by atomic mass is 16.5. The van der Waals surface area contributed by atoms with Crippen LogP contribution in [0.5, 0.6) is 0 Å². The summed E-state index contributed by atoms with van der Waals surface area (Å²) in [6.45, 7) is 11.6. The highest BCUT2D eigenvalue weighted by Crippen LogP contribution is 2.46. The Kier molecular flexibility index (Phi) is 5.20. The van der Waals surface area contributed by atoms with Crippen LogP contribution in [0.15, 0.2) is 18.2 Å². The molecule has 0 heterocycles. The van der Waals surface area contributed by atoms with E-state index in [1.807, 2.05) is 6.07 Å². The molecule has 3 heteroatoms. The van der Waals surface area contributed by atoms with Crippen LogP contribution in [0.4, 0.5) is 0 Å². The van der Waals surface area contributed by atoms with Gasteiger partial charge in [0.2, 0.25) is 0 Å². The van der Waals surface area contributed by atoms with E-state index in [4.69, 9.17) is 4.74 Å². The van der Waals surface area contributed by atoms with Gasteiger partial charge < -0.3 is 9.84 Å². The van der Waals surface area contributed by atoms with Gasteiger partial charge in [-0.25, -0.2) is 4.79 Å². The van der Waals surface area contributed by atoms with E-state index in [1.165, 1.54) is 11.1 Å². The quantitative estimate of drug-likeness (QED) is 0.753. The molecule has 128 valence electrons. The van der Waals surface area contributed by atoms with Crippen LogP contribution in [0.3, 0.4) is 0 Å². The fourth-order valence-electron chi connectivity index (χ4n) is 3.42. The lowest BCUT2D eigenvalue weighted by Gasteiger charge is -2.42. The van der Waals surface area contributed by atoms with E-state index in [2.05, 4.69) is 46.8 Å². The lowest BCUT2D eigenvalue weighted by atomic mass is 9.63. The predicted octanol–water partition coefficient (Wildman–Crippen LogP) is 4.98. The zero-order valence-corrected chi connectivity index (χ0v) is 15.1. The summed E-state index contributed by atoms with van der Waals surface area (Å²) in [6, 6.07) is 6.12. The average Bonchev–Trinajstić information content (AvgIpc) is 2.48. The van der Waals surface area contributed by atoms with Gasteiger partial charge in [-0.2, -0.15) is 0 Å². The number of ether oxygens (including phenoxy) is 1. The number of carboxylic acids is 1. The summed E-state index contributed by atoms with van der Waals surface area (Å²) in [5.74, 6) is -0.908. The molecular formula is C20H30O3. The molecule has 2 rings (SSSR count). The Morgan fingerprint density at radius 2 is 1.78 bits per heavy atom. The van der Waals surface area contributed by atoms with E-state index < -0.39 is 12.1 Å². The van der Waals surface area contributed by atoms with Crippen LogP contribution in [0.2, 0.25) is 0 Å². The van der Waals surface area contributed by atoms with E-state index in [9.17, 15) is 9.90 Å². The molecule has 3 nitrogen and oxygen atoms in total. The Morgan fingerprint density at radius 3 is 2.35 bits per heavy atom. The van der Waals surface area contributed by atoms with Crippen LogP contribution in [0.1, 0.15) is 83.1 Å². The van der Waals surface area contributed by atoms with Crippen LogP contribution in [0, 0.1) is 0 Å². The number of benzene rings is 1. The lowest BCUT2D eigenvalue weighted by Crippen LogP contribution is -2.34. The minimum atomic E-state index is -0.908. The van der Waals surface area contributed by atoms with E-state index >= 15 is 0 Å². The summed E-state index contributed by atoms with van der Waals surface area (Å²) < 4.78 is 5.64. The summed E-state index contributed by atoms with van der Waals surface area (Å²) in [6.07, 6.45) is 3.28. The largest absolute Gasteiger partial charge is 0.479 e. The fraction of sp³-hybridized carbons (Fsp3) is 0.650. The summed E-state index contributed by atoms with van der Waals surface area (Å²) in [7, 11) is 0. The van der Waals surface area contributed by atoms with Crippen molar-refractivity contribution in [2.24, 2.45) is 0 Å². The Morgan fingerprint density at radius 1 is 1.17 bits per heavy atom. The van der Waals surface area contributed by atoms with E-state index in [1.54, 1.807) is 0 Å². The predicted molar refractivity (Wildman–Crippen MR) is 93.0 cm³/mol. The second-order valence-corrected chi connectivity index (χ2v) is 8.02. The first-order valence-corrected chi connectivity index (χ1v) is 8.68. The molecule has 1 aliphatic rings. The standard InChI is InChI=1S/C20H30O3/c1-6-7-12-23-17(18(21)22)14-8-9-15-16(13-14)20(4,5)11-10-19(15,2)3/h8-9,13,17H,6-7,10-12H2,1-5H3,(H,21,22). The van der Waals surface area contributed by atoms with Gasteiger partial charge in [0.05, 0.1) is 0 Å². The number of aliphatic carboxylic acids is 1. The smallest absolute Gasteiger partial charge is 0.337 e. The SMILES string of the molecule is CCCCOC(C(=O)O)c1ccc2c(c1)C(C)(C)CCC2(C)C. The third-order valence-corrected chi connectivity index (χ3v) is 5.19. The molecule has 0 bridgehead atoms. The van der Waals surface area contributed by atoms with E-state index in [0.29, 0.717) is 6.61 Å². The van der Waals surface area contributed by atoms with Gasteiger partial charge in [0.25, 0.3) is 0 Å². The monoisotopic (exact) mass is 318 g/mol. The molecule has 23 heavy (non-hydrogen) atoms. The fourth-order valence-corrected chi connectivity index (χ4v) is 3.42. The van der Waals surface area contributed by atoms with Crippen molar-refractivity contribution in [1.82, 2.24) is 0 Å². The Labute approximate surface area is 140 Å². The molecule has 0 radical (unpaired) electrons. The highest BCUT2D eigenvalue weighted by molar-refractivity contribution is 5.74. The second-order valence-electron chi connectivity index (χ2n) is 8.02. The normalized spacial score (nSPS) is 19.9. The minimum absolute atomic E-state index is 0.0767. The maximum Gasteiger partial charge on any atom is 0.337 e. The topological polar surface area (TPSA) is 46.5 Å². The number of carbonyl (C=O) groups is 1. The van der Waals surface area contributed by atoms with Crippen LogP contribution < -0.4 is 0 Å². The maximum absolute atomic E-state index is 11.6. The minimum Gasteiger partial charge on any atom is -0.479 e. The molecule has 0 aliphatic heterocycles. The first kappa shape index (κ1) is 18.0. The van der Waals surface area contributed by atoms with Gasteiger partial charge in [0.15, 0.2) is 6.10 Å². The number of rotatable bonds is 6. The lowest BCUT2D eigenvalue weighted by molar-refractivity contribution is -0.151. The summed E-state index contributed by atoms with van der Waals surface area (Å²) in [5, 5.41) is 9.54. The average molecular weight is 318 g/mol. The third-order valence-electron chi connectivity index (χ3n) is 5.19. The summed E-state index contributed by atoms with van der Waals surface area (Å²) in [4.78, 5) is 11.6. The molecule has 1 aromatic carbocycles. The zero-order chi connectivity index (χ0) is 17.3. The van der Waals surface area contributed by atoms with Crippen molar-refractivity contribution in [2.75, 3.05) is 6.61 Å². The second kappa shape index (κ2) is 6.64. The number of unbranched alkanes of at least 4 members (excludes halogenated alkanes) is 1. The van der Waals surface area contributed by atoms with Crippen molar-refractivity contribution >= 4 is 5.97 Å². The van der Waals surface area contributed by atoms with Gasteiger partial charge in [-0.05, 0) is 46.8 Å². The number of fused-ring (bicyclic) bond motifs is 1. The molecule has 1 unspecified atom stereocenters. The number of hydrogen-bond donors (Lipinski definition) is 1. The van der Waals surface area contributed by atoms with Crippen molar-refractivity contribution in [3.05, 3.63) is 34.9 Å². The Bertz CT molecular complexity index is 572. The van der Waals surface area contributed by atoms with Crippen LogP contribution in [0.25, 0.3) is 0 Å². The van der Waals surface area contributed by atoms with Gasteiger partial charge in [-0.15, -0.1) is 0 Å². The number of carboxylic acid groups (broad SMARTS) is 1. The summed E-state index contributed by atoms with van der Waals surface area (Å²) in [5.41, 5.74) is 3.60. The Hall–Kier alpha value is -1.35. The van der Waals surface area contributed by atoms with Crippen LogP contribution in [-0.4, -0.2) is 17.7 Å². The number of hydrogen-bond acceptors (Lipinski definition) is 2. The van der Waals surface area contributed by atoms with Crippen LogP contribution >= 0.6 is 0 Å². The molecule has 1 atom stereocenters. The van der Waals surface area contributed by atoms with Gasteiger partial charge in [0, 0.05) is 6.61 Å². The first-order valence-electron chi connectivity index (χ1n) is 8.68. The van der Waals surface area contributed by atoms with Gasteiger partial charge in [-0.1, -0.05) is 59.2 Å². The van der Waals surface area contributed by atoms with Gasteiger partial charge in [-0.3, -0.25) is 0 Å². The molecule has 0 aromatic heterocycles. The zero-order valence-electron chi connectivity index (χ0n) is 15.1. The molecule has 0 spiro atoms. The van der Waals surface area contributed by atoms with Gasteiger partial charge in [0.1, 0.15) is 0 Å². The van der Waals surface area contributed by atoms with E-state index in [-0.39, 0.29) is 10.8 Å². The van der Waals surface area contributed by atoms with Crippen molar-refractivity contribution < 1.29 is 14.6 Å². The molecule has 1 N–H and O–H groups in total. The molecule has 1 aliphatic carbocycles. The Balaban J connectivity index is 2.39. The van der Waals surface area contributed by atoms with Crippen molar-refractivity contribution in [2.45, 2.75) is 77.2 Å². The molecule has 0 fully saturated rings. The van der Waals surface area contributed by atoms with Gasteiger partial charge >= 0.3 is 5.97 Å². The molecule has 0 saturated carbocycles. The van der Waals surface area contributed by atoms with Crippen molar-refractivity contribution in [3.63, 3.8) is 0 Å². The molecular weight excluding hydrogens is 288 g/mol. The van der Waals surface area contributed by atoms with Crippen LogP contribution in [-0.2, 0) is 20.4 Å². The third kappa shape index (κ3) is 3.77. The van der Waals surface area contributed by atoms with E-state index in [0.717, 1.165) is 31.2 Å². The summed E-state index contributed by atoms with van der Waals surface area (Å²) >= 11 is 0. The van der Waals surface area contributed by atoms with Crippen molar-refractivity contribution in [3.8, 4) is 0 Å². The maximum atomic E-state index is 11.6. The molecule has 0 amide bonds. The first-order chi connectivity index (χ1) is 10.7. The molecule has 1 aromatic rings. The highest BCUT2D eigenvalue weighted by Gasteiger charge is 2.37. The van der Waals surface area contributed by atoms with Crippen molar-refractivity contribution in [1.29, 1.82) is 0 Å².